The number of carbonyl (C=O) groups excluding carboxylic acids is 1. The van der Waals surface area contributed by atoms with Gasteiger partial charge in [-0.05, 0) is 37.6 Å². The Bertz CT molecular complexity index is 388. The molecule has 0 saturated carbocycles. The van der Waals surface area contributed by atoms with Crippen LogP contribution in [0.2, 0.25) is 0 Å². The van der Waals surface area contributed by atoms with Crippen molar-refractivity contribution in [2.75, 3.05) is 19.7 Å². The number of nitrogens with zero attached hydrogens (tertiary/aromatic N) is 1. The normalized spacial score (nSPS) is 21.0. The SMILES string of the molecule is CC1CN(C(=O)c2ccc(O)cc2)CCCO1. The Balaban J connectivity index is 2.10. The van der Waals surface area contributed by atoms with E-state index >= 15 is 0 Å². The molecule has 1 atom stereocenters. The smallest absolute Gasteiger partial charge is 0.253 e. The van der Waals surface area contributed by atoms with E-state index in [1.54, 1.807) is 12.1 Å². The van der Waals surface area contributed by atoms with Gasteiger partial charge in [0.15, 0.2) is 0 Å². The average molecular weight is 235 g/mol. The summed E-state index contributed by atoms with van der Waals surface area (Å²) in [7, 11) is 0. The first-order valence-electron chi connectivity index (χ1n) is 5.87. The van der Waals surface area contributed by atoms with E-state index < -0.39 is 0 Å². The highest BCUT2D eigenvalue weighted by atomic mass is 16.5. The van der Waals surface area contributed by atoms with E-state index in [-0.39, 0.29) is 17.8 Å². The standard InChI is InChI=1S/C13H17NO3/c1-10-9-14(7-2-8-17-10)13(16)11-3-5-12(15)6-4-11/h3-6,10,15H,2,7-9H2,1H3. The molecule has 0 radical (unpaired) electrons. The quantitative estimate of drug-likeness (QED) is 0.805. The van der Waals surface area contributed by atoms with Crippen LogP contribution in [0.4, 0.5) is 0 Å². The van der Waals surface area contributed by atoms with Crippen molar-refractivity contribution in [2.24, 2.45) is 0 Å². The molecular formula is C13H17NO3. The molecule has 1 aromatic carbocycles. The van der Waals surface area contributed by atoms with Crippen LogP contribution in [0, 0.1) is 0 Å². The average Bonchev–Trinajstić information content (AvgIpc) is 2.54. The van der Waals surface area contributed by atoms with E-state index in [9.17, 15) is 9.90 Å². The lowest BCUT2D eigenvalue weighted by molar-refractivity contribution is 0.0562. The van der Waals surface area contributed by atoms with Crippen molar-refractivity contribution < 1.29 is 14.6 Å². The van der Waals surface area contributed by atoms with Crippen LogP contribution in [0.1, 0.15) is 23.7 Å². The van der Waals surface area contributed by atoms with Gasteiger partial charge < -0.3 is 14.7 Å². The van der Waals surface area contributed by atoms with Crippen molar-refractivity contribution in [2.45, 2.75) is 19.4 Å². The van der Waals surface area contributed by atoms with Crippen molar-refractivity contribution in [3.63, 3.8) is 0 Å². The molecule has 1 heterocycles. The molecule has 1 aromatic rings. The van der Waals surface area contributed by atoms with Gasteiger partial charge in [-0.1, -0.05) is 0 Å². The molecule has 0 aliphatic carbocycles. The van der Waals surface area contributed by atoms with Crippen molar-refractivity contribution in [3.05, 3.63) is 29.8 Å². The zero-order valence-electron chi connectivity index (χ0n) is 9.93. The molecule has 17 heavy (non-hydrogen) atoms. The molecule has 1 N–H and O–H groups in total. The second-order valence-corrected chi connectivity index (χ2v) is 4.33. The lowest BCUT2D eigenvalue weighted by atomic mass is 10.2. The van der Waals surface area contributed by atoms with Crippen LogP contribution in [0.15, 0.2) is 24.3 Å². The zero-order valence-corrected chi connectivity index (χ0v) is 9.93. The molecular weight excluding hydrogens is 218 g/mol. The lowest BCUT2D eigenvalue weighted by Gasteiger charge is -2.22. The molecule has 0 bridgehead atoms. The predicted octanol–water partition coefficient (Wildman–Crippen LogP) is 1.64. The summed E-state index contributed by atoms with van der Waals surface area (Å²) in [5.74, 6) is 0.177. The summed E-state index contributed by atoms with van der Waals surface area (Å²) in [6.07, 6.45) is 0.951. The van der Waals surface area contributed by atoms with Crippen LogP contribution in [-0.4, -0.2) is 41.7 Å². The van der Waals surface area contributed by atoms with Crippen LogP contribution >= 0.6 is 0 Å². The number of benzene rings is 1. The first-order chi connectivity index (χ1) is 8.16. The fourth-order valence-electron chi connectivity index (χ4n) is 1.97. The van der Waals surface area contributed by atoms with Crippen molar-refractivity contribution in [1.29, 1.82) is 0 Å². The van der Waals surface area contributed by atoms with Gasteiger partial charge >= 0.3 is 0 Å². The van der Waals surface area contributed by atoms with Gasteiger partial charge in [0.2, 0.25) is 0 Å². The molecule has 1 aliphatic heterocycles. The molecule has 1 fully saturated rings. The minimum Gasteiger partial charge on any atom is -0.508 e. The number of phenols is 1. The Morgan fingerprint density at radius 3 is 2.82 bits per heavy atom. The summed E-state index contributed by atoms with van der Waals surface area (Å²) < 4.78 is 5.50. The summed E-state index contributed by atoms with van der Waals surface area (Å²) >= 11 is 0. The number of amides is 1. The maximum Gasteiger partial charge on any atom is 0.253 e. The van der Waals surface area contributed by atoms with Gasteiger partial charge in [-0.15, -0.1) is 0 Å². The Labute approximate surface area is 101 Å². The third-order valence-electron chi connectivity index (χ3n) is 2.85. The monoisotopic (exact) mass is 235 g/mol. The Morgan fingerprint density at radius 2 is 2.12 bits per heavy atom. The van der Waals surface area contributed by atoms with Gasteiger partial charge in [0, 0.05) is 25.3 Å². The second-order valence-electron chi connectivity index (χ2n) is 4.33. The van der Waals surface area contributed by atoms with E-state index in [1.165, 1.54) is 12.1 Å². The first-order valence-corrected chi connectivity index (χ1v) is 5.87. The molecule has 1 aliphatic rings. The molecule has 1 amide bonds. The van der Waals surface area contributed by atoms with E-state index in [2.05, 4.69) is 0 Å². The topological polar surface area (TPSA) is 49.8 Å². The fourth-order valence-corrected chi connectivity index (χ4v) is 1.97. The molecule has 0 aromatic heterocycles. The van der Waals surface area contributed by atoms with Crippen LogP contribution in [-0.2, 0) is 4.74 Å². The van der Waals surface area contributed by atoms with Crippen LogP contribution in [0.5, 0.6) is 5.75 Å². The molecule has 2 rings (SSSR count). The lowest BCUT2D eigenvalue weighted by Crippen LogP contribution is -2.35. The first kappa shape index (κ1) is 11.9. The summed E-state index contributed by atoms with van der Waals surface area (Å²) in [6, 6.07) is 6.36. The number of ether oxygens (including phenoxy) is 1. The van der Waals surface area contributed by atoms with Gasteiger partial charge in [0.05, 0.1) is 6.10 Å². The van der Waals surface area contributed by atoms with Crippen molar-refractivity contribution in [3.8, 4) is 5.75 Å². The van der Waals surface area contributed by atoms with Gasteiger partial charge in [0.25, 0.3) is 5.91 Å². The summed E-state index contributed by atoms with van der Waals surface area (Å²) in [4.78, 5) is 14.0. The number of phenolic OH excluding ortho intramolecular Hbond substituents is 1. The highest BCUT2D eigenvalue weighted by Gasteiger charge is 2.20. The highest BCUT2D eigenvalue weighted by Crippen LogP contribution is 2.14. The van der Waals surface area contributed by atoms with E-state index in [1.807, 2.05) is 11.8 Å². The van der Waals surface area contributed by atoms with Gasteiger partial charge in [-0.25, -0.2) is 0 Å². The predicted molar refractivity (Wildman–Crippen MR) is 64.0 cm³/mol. The number of hydrogen-bond acceptors (Lipinski definition) is 3. The summed E-state index contributed by atoms with van der Waals surface area (Å²) in [6.45, 7) is 4.03. The van der Waals surface area contributed by atoms with Crippen LogP contribution < -0.4 is 0 Å². The Kier molecular flexibility index (Phi) is 3.64. The summed E-state index contributed by atoms with van der Waals surface area (Å²) in [5, 5.41) is 9.19. The van der Waals surface area contributed by atoms with Gasteiger partial charge in [-0.2, -0.15) is 0 Å². The van der Waals surface area contributed by atoms with Crippen LogP contribution in [0.3, 0.4) is 0 Å². The Hall–Kier alpha value is -1.55. The van der Waals surface area contributed by atoms with Crippen molar-refractivity contribution in [1.82, 2.24) is 4.90 Å². The molecule has 4 heteroatoms. The number of aromatic hydroxyl groups is 1. The maximum absolute atomic E-state index is 12.2. The third kappa shape index (κ3) is 2.97. The Morgan fingerprint density at radius 1 is 1.41 bits per heavy atom. The summed E-state index contributed by atoms with van der Waals surface area (Å²) in [5.41, 5.74) is 0.608. The maximum atomic E-state index is 12.2. The number of carbonyl (C=O) groups is 1. The molecule has 4 nitrogen and oxygen atoms in total. The van der Waals surface area contributed by atoms with Crippen molar-refractivity contribution >= 4 is 5.91 Å². The third-order valence-corrected chi connectivity index (χ3v) is 2.85. The van der Waals surface area contributed by atoms with E-state index in [0.717, 1.165) is 13.0 Å². The largest absolute Gasteiger partial charge is 0.508 e. The fraction of sp³-hybridized carbons (Fsp3) is 0.462. The molecule has 1 unspecified atom stereocenters. The van der Waals surface area contributed by atoms with E-state index in [0.29, 0.717) is 18.7 Å². The molecule has 1 saturated heterocycles. The molecule has 92 valence electrons. The van der Waals surface area contributed by atoms with Gasteiger partial charge in [0.1, 0.15) is 5.75 Å². The zero-order chi connectivity index (χ0) is 12.3. The number of rotatable bonds is 1. The second kappa shape index (κ2) is 5.19. The van der Waals surface area contributed by atoms with Gasteiger partial charge in [-0.3, -0.25) is 4.79 Å². The van der Waals surface area contributed by atoms with E-state index in [4.69, 9.17) is 4.74 Å². The highest BCUT2D eigenvalue weighted by molar-refractivity contribution is 5.94. The minimum atomic E-state index is 0.00218. The number of hydrogen-bond donors (Lipinski definition) is 1. The molecule has 0 spiro atoms. The van der Waals surface area contributed by atoms with Crippen LogP contribution in [0.25, 0.3) is 0 Å². The minimum absolute atomic E-state index is 0.00218.